The van der Waals surface area contributed by atoms with E-state index < -0.39 is 0 Å². The van der Waals surface area contributed by atoms with E-state index in [2.05, 4.69) is 11.8 Å². The molecule has 2 aromatic rings. The minimum Gasteiger partial charge on any atom is -0.340 e. The van der Waals surface area contributed by atoms with Gasteiger partial charge in [-0.2, -0.15) is 11.3 Å². The van der Waals surface area contributed by atoms with E-state index in [0.717, 1.165) is 24.2 Å². The zero-order valence-electron chi connectivity index (χ0n) is 15.9. The molecule has 4 rings (SSSR count). The molecule has 0 saturated carbocycles. The standard InChI is InChI=1S/C21H25N3O2S/c1-16-3-5-17(6-4-16)11-19(25)23-9-8-21(14-23)15-24(18-7-10-27-13-18)20(26)12-22(21)2/h3-7,10,13H,8-9,11-12,14-15H2,1-2H3/t21-/m1/s1. The Hall–Kier alpha value is -2.18. The van der Waals surface area contributed by atoms with Gasteiger partial charge in [-0.15, -0.1) is 0 Å². The third-order valence-electron chi connectivity index (χ3n) is 5.91. The fraction of sp³-hybridized carbons (Fsp3) is 0.429. The first-order valence-corrected chi connectivity index (χ1v) is 10.3. The number of benzene rings is 1. The molecule has 0 radical (unpaired) electrons. The lowest BCUT2D eigenvalue weighted by Gasteiger charge is -2.46. The van der Waals surface area contributed by atoms with E-state index in [1.807, 2.05) is 57.9 Å². The van der Waals surface area contributed by atoms with Crippen molar-refractivity contribution in [3.05, 3.63) is 52.2 Å². The highest BCUT2D eigenvalue weighted by molar-refractivity contribution is 7.08. The summed E-state index contributed by atoms with van der Waals surface area (Å²) >= 11 is 1.60. The third-order valence-corrected chi connectivity index (χ3v) is 6.59. The number of hydrogen-bond donors (Lipinski definition) is 0. The van der Waals surface area contributed by atoms with Crippen LogP contribution in [0.1, 0.15) is 17.5 Å². The quantitative estimate of drug-likeness (QED) is 0.818. The Morgan fingerprint density at radius 3 is 2.67 bits per heavy atom. The number of amides is 2. The fourth-order valence-electron chi connectivity index (χ4n) is 4.11. The van der Waals surface area contributed by atoms with Crippen LogP contribution in [0.15, 0.2) is 41.1 Å². The summed E-state index contributed by atoms with van der Waals surface area (Å²) in [5.41, 5.74) is 3.08. The van der Waals surface area contributed by atoms with Crippen LogP contribution in [-0.2, 0) is 16.0 Å². The molecule has 27 heavy (non-hydrogen) atoms. The summed E-state index contributed by atoms with van der Waals surface area (Å²) in [4.78, 5) is 31.4. The van der Waals surface area contributed by atoms with Crippen LogP contribution < -0.4 is 4.90 Å². The first kappa shape index (κ1) is 18.2. The lowest BCUT2D eigenvalue weighted by Crippen LogP contribution is -2.64. The second-order valence-corrected chi connectivity index (χ2v) is 8.55. The van der Waals surface area contributed by atoms with Gasteiger partial charge in [-0.1, -0.05) is 29.8 Å². The van der Waals surface area contributed by atoms with Crippen molar-refractivity contribution >= 4 is 28.8 Å². The Kier molecular flexibility index (Phi) is 4.78. The van der Waals surface area contributed by atoms with Gasteiger partial charge in [0.1, 0.15) is 0 Å². The summed E-state index contributed by atoms with van der Waals surface area (Å²) in [7, 11) is 2.01. The number of rotatable bonds is 3. The predicted octanol–water partition coefficient (Wildman–Crippen LogP) is 2.55. The number of aryl methyl sites for hydroxylation is 1. The number of nitrogens with zero attached hydrogens (tertiary/aromatic N) is 3. The van der Waals surface area contributed by atoms with Crippen LogP contribution in [0.25, 0.3) is 0 Å². The molecule has 2 aliphatic rings. The molecule has 2 aliphatic heterocycles. The van der Waals surface area contributed by atoms with Crippen LogP contribution in [0.4, 0.5) is 5.69 Å². The lowest BCUT2D eigenvalue weighted by molar-refractivity contribution is -0.130. The van der Waals surface area contributed by atoms with Crippen LogP contribution in [0, 0.1) is 6.92 Å². The predicted molar refractivity (Wildman–Crippen MR) is 108 cm³/mol. The maximum absolute atomic E-state index is 12.8. The number of likely N-dealkylation sites (N-methyl/N-ethyl adjacent to an activating group) is 1. The molecule has 2 saturated heterocycles. The van der Waals surface area contributed by atoms with Gasteiger partial charge in [-0.3, -0.25) is 14.5 Å². The van der Waals surface area contributed by atoms with E-state index >= 15 is 0 Å². The zero-order chi connectivity index (χ0) is 19.0. The average Bonchev–Trinajstić information content (AvgIpc) is 3.31. The zero-order valence-corrected chi connectivity index (χ0v) is 16.7. The highest BCUT2D eigenvalue weighted by Crippen LogP contribution is 2.34. The van der Waals surface area contributed by atoms with Crippen LogP contribution in [0.5, 0.6) is 0 Å². The van der Waals surface area contributed by atoms with E-state index in [9.17, 15) is 9.59 Å². The van der Waals surface area contributed by atoms with Crippen LogP contribution in [-0.4, -0.2) is 60.4 Å². The molecule has 3 heterocycles. The highest BCUT2D eigenvalue weighted by atomic mass is 32.1. The van der Waals surface area contributed by atoms with Crippen molar-refractivity contribution in [3.8, 4) is 0 Å². The van der Waals surface area contributed by atoms with Crippen LogP contribution >= 0.6 is 11.3 Å². The number of carbonyl (C=O) groups excluding carboxylic acids is 2. The summed E-state index contributed by atoms with van der Waals surface area (Å²) in [5.74, 6) is 0.300. The molecule has 1 spiro atoms. The molecule has 1 atom stereocenters. The molecule has 1 aromatic carbocycles. The summed E-state index contributed by atoms with van der Waals surface area (Å²) < 4.78 is 0. The van der Waals surface area contributed by atoms with E-state index in [-0.39, 0.29) is 17.4 Å². The van der Waals surface area contributed by atoms with Crippen molar-refractivity contribution in [2.75, 3.05) is 38.1 Å². The molecule has 1 aromatic heterocycles. The van der Waals surface area contributed by atoms with Crippen molar-refractivity contribution < 1.29 is 9.59 Å². The van der Waals surface area contributed by atoms with Crippen molar-refractivity contribution in [2.24, 2.45) is 0 Å². The minimum atomic E-state index is -0.154. The van der Waals surface area contributed by atoms with Crippen molar-refractivity contribution in [1.29, 1.82) is 0 Å². The summed E-state index contributed by atoms with van der Waals surface area (Å²) in [6, 6.07) is 10.2. The fourth-order valence-corrected chi connectivity index (χ4v) is 4.75. The maximum atomic E-state index is 12.8. The number of anilines is 1. The molecule has 0 aliphatic carbocycles. The Morgan fingerprint density at radius 2 is 1.96 bits per heavy atom. The molecule has 2 fully saturated rings. The summed E-state index contributed by atoms with van der Waals surface area (Å²) in [6.45, 7) is 4.53. The second-order valence-electron chi connectivity index (χ2n) is 7.77. The maximum Gasteiger partial charge on any atom is 0.241 e. The molecular weight excluding hydrogens is 358 g/mol. The summed E-state index contributed by atoms with van der Waals surface area (Å²) in [5, 5.41) is 4.02. The van der Waals surface area contributed by atoms with Gasteiger partial charge in [0.25, 0.3) is 0 Å². The molecular formula is C21H25N3O2S. The van der Waals surface area contributed by atoms with Gasteiger partial charge in [-0.05, 0) is 37.4 Å². The van der Waals surface area contributed by atoms with Crippen molar-refractivity contribution in [1.82, 2.24) is 9.80 Å². The largest absolute Gasteiger partial charge is 0.340 e. The van der Waals surface area contributed by atoms with E-state index in [4.69, 9.17) is 0 Å². The monoisotopic (exact) mass is 383 g/mol. The lowest BCUT2D eigenvalue weighted by atomic mass is 9.93. The molecule has 0 unspecified atom stereocenters. The normalized spacial score (nSPS) is 23.4. The van der Waals surface area contributed by atoms with E-state index in [1.54, 1.807) is 11.3 Å². The van der Waals surface area contributed by atoms with Gasteiger partial charge in [0.05, 0.1) is 24.2 Å². The minimum absolute atomic E-state index is 0.131. The van der Waals surface area contributed by atoms with Gasteiger partial charge in [0.15, 0.2) is 0 Å². The molecule has 142 valence electrons. The van der Waals surface area contributed by atoms with Gasteiger partial charge in [0.2, 0.25) is 11.8 Å². The Labute approximate surface area is 164 Å². The van der Waals surface area contributed by atoms with E-state index in [1.165, 1.54) is 5.56 Å². The molecule has 2 amide bonds. The molecule has 6 heteroatoms. The SMILES string of the molecule is Cc1ccc(CC(=O)N2CC[C@@]3(C2)CN(c2ccsc2)C(=O)CN3C)cc1. The Morgan fingerprint density at radius 1 is 1.19 bits per heavy atom. The topological polar surface area (TPSA) is 43.9 Å². The molecule has 0 bridgehead atoms. The van der Waals surface area contributed by atoms with Gasteiger partial charge in [-0.25, -0.2) is 0 Å². The Bertz CT molecular complexity index is 834. The van der Waals surface area contributed by atoms with Crippen molar-refractivity contribution in [3.63, 3.8) is 0 Å². The van der Waals surface area contributed by atoms with Crippen LogP contribution in [0.3, 0.4) is 0 Å². The third kappa shape index (κ3) is 3.51. The number of thiophene rings is 1. The Balaban J connectivity index is 1.47. The number of carbonyl (C=O) groups is 2. The van der Waals surface area contributed by atoms with Gasteiger partial charge in [0, 0.05) is 25.0 Å². The van der Waals surface area contributed by atoms with Gasteiger partial charge >= 0.3 is 0 Å². The number of piperazine rings is 1. The number of hydrogen-bond acceptors (Lipinski definition) is 4. The number of likely N-dealkylation sites (tertiary alicyclic amines) is 1. The molecule has 5 nitrogen and oxygen atoms in total. The smallest absolute Gasteiger partial charge is 0.241 e. The molecule has 0 N–H and O–H groups in total. The first-order chi connectivity index (χ1) is 13.0. The first-order valence-electron chi connectivity index (χ1n) is 9.34. The highest BCUT2D eigenvalue weighted by Gasteiger charge is 2.48. The van der Waals surface area contributed by atoms with Crippen LogP contribution in [0.2, 0.25) is 0 Å². The van der Waals surface area contributed by atoms with E-state index in [0.29, 0.717) is 26.1 Å². The van der Waals surface area contributed by atoms with Gasteiger partial charge < -0.3 is 9.80 Å². The second kappa shape index (κ2) is 7.09. The van der Waals surface area contributed by atoms with Crippen molar-refractivity contribution in [2.45, 2.75) is 25.3 Å². The summed E-state index contributed by atoms with van der Waals surface area (Å²) in [6.07, 6.45) is 1.34. The average molecular weight is 384 g/mol.